The summed E-state index contributed by atoms with van der Waals surface area (Å²) >= 11 is 1.27. The van der Waals surface area contributed by atoms with Crippen molar-refractivity contribution in [2.24, 2.45) is 4.99 Å². The number of amides is 1. The molecule has 2 aromatic carbocycles. The molecule has 0 saturated carbocycles. The largest absolute Gasteiger partial charge is 0.479 e. The summed E-state index contributed by atoms with van der Waals surface area (Å²) in [5.41, 5.74) is 2.69. The lowest BCUT2D eigenvalue weighted by atomic mass is 10.2. The molecule has 0 aromatic heterocycles. The Morgan fingerprint density at radius 1 is 1.26 bits per heavy atom. The van der Waals surface area contributed by atoms with Crippen LogP contribution in [0.5, 0.6) is 5.75 Å². The van der Waals surface area contributed by atoms with Crippen molar-refractivity contribution >= 4 is 40.6 Å². The van der Waals surface area contributed by atoms with Crippen LogP contribution in [0.4, 0.5) is 5.69 Å². The Labute approximate surface area is 161 Å². The van der Waals surface area contributed by atoms with Crippen molar-refractivity contribution in [3.8, 4) is 5.75 Å². The molecule has 1 heterocycles. The first kappa shape index (κ1) is 18.7. The van der Waals surface area contributed by atoms with Crippen LogP contribution in [0.25, 0.3) is 6.08 Å². The number of nitrogens with one attached hydrogen (secondary N) is 1. The van der Waals surface area contributed by atoms with Crippen molar-refractivity contribution in [3.05, 3.63) is 64.6 Å². The van der Waals surface area contributed by atoms with Gasteiger partial charge in [0.15, 0.2) is 11.3 Å². The summed E-state index contributed by atoms with van der Waals surface area (Å²) in [6, 6.07) is 14.6. The molecule has 1 fully saturated rings. The number of ether oxygens (including phenoxy) is 1. The Bertz CT molecular complexity index is 935. The number of hydrogen-bond donors (Lipinski definition) is 2. The van der Waals surface area contributed by atoms with Crippen LogP contribution in [0.1, 0.15) is 18.1 Å². The summed E-state index contributed by atoms with van der Waals surface area (Å²) in [7, 11) is 0. The molecule has 0 bridgehead atoms. The molecule has 0 spiro atoms. The van der Waals surface area contributed by atoms with Crippen molar-refractivity contribution < 1.29 is 19.4 Å². The predicted molar refractivity (Wildman–Crippen MR) is 106 cm³/mol. The van der Waals surface area contributed by atoms with E-state index in [4.69, 9.17) is 9.84 Å². The molecule has 138 valence electrons. The van der Waals surface area contributed by atoms with Gasteiger partial charge in [0.1, 0.15) is 5.75 Å². The minimum absolute atomic E-state index is 0.203. The van der Waals surface area contributed by atoms with Crippen LogP contribution in [0, 0.1) is 6.92 Å². The maximum atomic E-state index is 12.2. The summed E-state index contributed by atoms with van der Waals surface area (Å²) < 4.78 is 5.29. The molecule has 1 aliphatic rings. The zero-order valence-electron chi connectivity index (χ0n) is 14.8. The molecular formula is C20H18N2O4S. The molecule has 1 aliphatic heterocycles. The van der Waals surface area contributed by atoms with E-state index in [1.807, 2.05) is 31.2 Å². The molecule has 1 unspecified atom stereocenters. The highest BCUT2D eigenvalue weighted by molar-refractivity contribution is 8.18. The fourth-order valence-electron chi connectivity index (χ4n) is 2.34. The van der Waals surface area contributed by atoms with E-state index in [-0.39, 0.29) is 5.91 Å². The maximum absolute atomic E-state index is 12.2. The minimum Gasteiger partial charge on any atom is -0.479 e. The van der Waals surface area contributed by atoms with Gasteiger partial charge in [0.2, 0.25) is 0 Å². The molecule has 1 saturated heterocycles. The molecule has 1 atom stereocenters. The molecule has 27 heavy (non-hydrogen) atoms. The summed E-state index contributed by atoms with van der Waals surface area (Å²) in [4.78, 5) is 28.0. The first-order chi connectivity index (χ1) is 12.9. The lowest BCUT2D eigenvalue weighted by Gasteiger charge is -2.10. The number of hydrogen-bond acceptors (Lipinski definition) is 5. The van der Waals surface area contributed by atoms with E-state index in [1.54, 1.807) is 30.3 Å². The molecule has 2 N–H and O–H groups in total. The lowest BCUT2D eigenvalue weighted by Crippen LogP contribution is -2.22. The number of aliphatic carboxylic acids is 1. The summed E-state index contributed by atoms with van der Waals surface area (Å²) in [6.07, 6.45) is 0.828. The Kier molecular flexibility index (Phi) is 5.61. The molecule has 0 radical (unpaired) electrons. The number of carboxylic acid groups (broad SMARTS) is 1. The van der Waals surface area contributed by atoms with Gasteiger partial charge in [0.25, 0.3) is 5.91 Å². The van der Waals surface area contributed by atoms with Crippen molar-refractivity contribution in [1.29, 1.82) is 0 Å². The van der Waals surface area contributed by atoms with Crippen molar-refractivity contribution in [1.82, 2.24) is 5.32 Å². The Balaban J connectivity index is 1.72. The smallest absolute Gasteiger partial charge is 0.344 e. The third-order valence-electron chi connectivity index (χ3n) is 3.72. The molecule has 7 heteroatoms. The first-order valence-corrected chi connectivity index (χ1v) is 9.08. The van der Waals surface area contributed by atoms with Crippen LogP contribution in [-0.4, -0.2) is 28.3 Å². The highest BCUT2D eigenvalue weighted by Gasteiger charge is 2.23. The zero-order valence-corrected chi connectivity index (χ0v) is 15.6. The van der Waals surface area contributed by atoms with Crippen LogP contribution >= 0.6 is 11.8 Å². The summed E-state index contributed by atoms with van der Waals surface area (Å²) in [5, 5.41) is 12.2. The number of carboxylic acids is 1. The summed E-state index contributed by atoms with van der Waals surface area (Å²) in [5.74, 6) is -0.774. The Morgan fingerprint density at radius 3 is 2.67 bits per heavy atom. The number of carbonyl (C=O) groups excluding carboxylic acids is 1. The van der Waals surface area contributed by atoms with Crippen LogP contribution in [-0.2, 0) is 9.59 Å². The molecule has 3 rings (SSSR count). The van der Waals surface area contributed by atoms with E-state index in [9.17, 15) is 9.59 Å². The van der Waals surface area contributed by atoms with Crippen molar-refractivity contribution in [3.63, 3.8) is 0 Å². The SMILES string of the molecule is Cc1cccc(N=C2NC(=O)C(=Cc3ccc(OC(C)C(=O)O)cc3)S2)c1. The maximum Gasteiger partial charge on any atom is 0.344 e. The number of aliphatic imine (C=N–C) groups is 1. The highest BCUT2D eigenvalue weighted by Crippen LogP contribution is 2.28. The average Bonchev–Trinajstić information content (AvgIpc) is 2.95. The zero-order chi connectivity index (χ0) is 19.4. The van der Waals surface area contributed by atoms with Gasteiger partial charge in [-0.2, -0.15) is 0 Å². The third-order valence-corrected chi connectivity index (χ3v) is 4.63. The topological polar surface area (TPSA) is 88.0 Å². The number of benzene rings is 2. The highest BCUT2D eigenvalue weighted by atomic mass is 32.2. The Morgan fingerprint density at radius 2 is 2.00 bits per heavy atom. The van der Waals surface area contributed by atoms with E-state index >= 15 is 0 Å². The van der Waals surface area contributed by atoms with Gasteiger partial charge in [-0.3, -0.25) is 4.79 Å². The average molecular weight is 382 g/mol. The normalized spacial score (nSPS) is 17.8. The third kappa shape index (κ3) is 4.98. The van der Waals surface area contributed by atoms with Gasteiger partial charge < -0.3 is 15.2 Å². The van der Waals surface area contributed by atoms with Crippen molar-refractivity contribution in [2.45, 2.75) is 20.0 Å². The molecule has 1 amide bonds. The van der Waals surface area contributed by atoms with Gasteiger partial charge in [-0.1, -0.05) is 24.3 Å². The van der Waals surface area contributed by atoms with Crippen LogP contribution in [0.3, 0.4) is 0 Å². The number of aryl methyl sites for hydroxylation is 1. The number of amidine groups is 1. The van der Waals surface area contributed by atoms with Gasteiger partial charge in [-0.25, -0.2) is 9.79 Å². The van der Waals surface area contributed by atoms with E-state index in [1.165, 1.54) is 18.7 Å². The van der Waals surface area contributed by atoms with Crippen molar-refractivity contribution in [2.75, 3.05) is 0 Å². The van der Waals surface area contributed by atoms with E-state index in [0.29, 0.717) is 15.8 Å². The molecular weight excluding hydrogens is 364 g/mol. The van der Waals surface area contributed by atoms with E-state index < -0.39 is 12.1 Å². The van der Waals surface area contributed by atoms with E-state index in [2.05, 4.69) is 10.3 Å². The predicted octanol–water partition coefficient (Wildman–Crippen LogP) is 3.74. The fourth-order valence-corrected chi connectivity index (χ4v) is 3.19. The van der Waals surface area contributed by atoms with Gasteiger partial charge in [-0.15, -0.1) is 0 Å². The first-order valence-electron chi connectivity index (χ1n) is 8.26. The lowest BCUT2D eigenvalue weighted by molar-refractivity contribution is -0.144. The molecule has 6 nitrogen and oxygen atoms in total. The van der Waals surface area contributed by atoms with Gasteiger partial charge >= 0.3 is 5.97 Å². The van der Waals surface area contributed by atoms with Gasteiger partial charge in [0.05, 0.1) is 10.6 Å². The molecule has 2 aromatic rings. The quantitative estimate of drug-likeness (QED) is 0.769. The van der Waals surface area contributed by atoms with Crippen LogP contribution in [0.15, 0.2) is 58.4 Å². The fraction of sp³-hybridized carbons (Fsp3) is 0.150. The minimum atomic E-state index is -1.03. The standard InChI is InChI=1S/C20H18N2O4S/c1-12-4-3-5-15(10-12)21-20-22-18(23)17(27-20)11-14-6-8-16(9-7-14)26-13(2)19(24)25/h3-11,13H,1-2H3,(H,24,25)(H,21,22,23). The van der Waals surface area contributed by atoms with Gasteiger partial charge in [-0.05, 0) is 67.1 Å². The van der Waals surface area contributed by atoms with Crippen LogP contribution < -0.4 is 10.1 Å². The number of carbonyl (C=O) groups is 2. The number of thioether (sulfide) groups is 1. The second kappa shape index (κ2) is 8.09. The Hall–Kier alpha value is -3.06. The number of rotatable bonds is 5. The van der Waals surface area contributed by atoms with Gasteiger partial charge in [0, 0.05) is 0 Å². The van der Waals surface area contributed by atoms with Crippen LogP contribution in [0.2, 0.25) is 0 Å². The summed E-state index contributed by atoms with van der Waals surface area (Å²) in [6.45, 7) is 3.45. The monoisotopic (exact) mass is 382 g/mol. The second-order valence-electron chi connectivity index (χ2n) is 5.99. The number of nitrogens with zero attached hydrogens (tertiary/aromatic N) is 1. The second-order valence-corrected chi connectivity index (χ2v) is 7.02. The van der Waals surface area contributed by atoms with E-state index in [0.717, 1.165) is 16.8 Å². The molecule has 0 aliphatic carbocycles.